The zero-order chi connectivity index (χ0) is 21.5. The number of thiophene rings is 1. The van der Waals surface area contributed by atoms with E-state index in [-0.39, 0.29) is 11.9 Å². The van der Waals surface area contributed by atoms with Gasteiger partial charge in [-0.3, -0.25) is 4.57 Å². The van der Waals surface area contributed by atoms with Gasteiger partial charge in [0, 0.05) is 11.6 Å². The molecule has 0 unspecified atom stereocenters. The van der Waals surface area contributed by atoms with Gasteiger partial charge in [0.1, 0.15) is 36.6 Å². The lowest BCUT2D eigenvalue weighted by atomic mass is 10.0. The summed E-state index contributed by atoms with van der Waals surface area (Å²) < 4.78 is 22.4. The van der Waals surface area contributed by atoms with Gasteiger partial charge in [-0.2, -0.15) is 4.98 Å². The number of ether oxygens (including phenoxy) is 2. The predicted octanol–water partition coefficient (Wildman–Crippen LogP) is 2.01. The van der Waals surface area contributed by atoms with Crippen LogP contribution in [-0.4, -0.2) is 67.3 Å². The lowest BCUT2D eigenvalue weighted by Crippen LogP contribution is -2.33. The van der Waals surface area contributed by atoms with Crippen LogP contribution in [0.5, 0.6) is 0 Å². The molecule has 13 heteroatoms. The quantitative estimate of drug-likeness (QED) is 0.294. The number of aliphatic hydroxyl groups excluding tert-OH is 2. The fourth-order valence-electron chi connectivity index (χ4n) is 3.90. The number of nitrogens with zero attached hydrogens (tertiary/aromatic N) is 2. The van der Waals surface area contributed by atoms with Crippen molar-refractivity contribution in [1.82, 2.24) is 9.97 Å². The highest BCUT2D eigenvalue weighted by Crippen LogP contribution is 2.42. The third-order valence-electron chi connectivity index (χ3n) is 5.32. The van der Waals surface area contributed by atoms with Crippen molar-refractivity contribution in [3.8, 4) is 0 Å². The molecule has 0 bridgehead atoms. The lowest BCUT2D eigenvalue weighted by molar-refractivity contribution is -0.0386. The van der Waals surface area contributed by atoms with Crippen LogP contribution in [0.25, 0.3) is 10.2 Å². The highest BCUT2D eigenvalue weighted by atomic mass is 35.5. The SMILES string of the molecule is O=P(O)(O)COC[C@H]1O[C@@H](c2csc3c(NC4CCCC4)nc(Cl)nc23)[C@H](O)[C@@H]1O. The zero-order valence-electron chi connectivity index (χ0n) is 15.8. The monoisotopic (exact) mass is 479 g/mol. The normalized spacial score (nSPS) is 27.9. The smallest absolute Gasteiger partial charge is 0.350 e. The summed E-state index contributed by atoms with van der Waals surface area (Å²) in [6.07, 6.45) is -0.700. The Bertz CT molecular complexity index is 951. The van der Waals surface area contributed by atoms with E-state index in [9.17, 15) is 14.8 Å². The van der Waals surface area contributed by atoms with Crippen molar-refractivity contribution >= 4 is 46.6 Å². The van der Waals surface area contributed by atoms with E-state index in [0.29, 0.717) is 22.9 Å². The molecular formula is C17H23ClN3O7PS. The van der Waals surface area contributed by atoms with Gasteiger partial charge in [0.15, 0.2) is 0 Å². The van der Waals surface area contributed by atoms with Crippen molar-refractivity contribution in [2.24, 2.45) is 0 Å². The van der Waals surface area contributed by atoms with E-state index < -0.39 is 38.4 Å². The van der Waals surface area contributed by atoms with Crippen LogP contribution >= 0.6 is 30.5 Å². The minimum absolute atomic E-state index is 0.0669. The number of hydrogen-bond donors (Lipinski definition) is 5. The first kappa shape index (κ1) is 22.3. The summed E-state index contributed by atoms with van der Waals surface area (Å²) in [5.41, 5.74) is 1.10. The zero-order valence-corrected chi connectivity index (χ0v) is 18.3. The second kappa shape index (κ2) is 8.93. The number of hydrogen-bond acceptors (Lipinski definition) is 9. The van der Waals surface area contributed by atoms with E-state index in [1.807, 2.05) is 0 Å². The van der Waals surface area contributed by atoms with E-state index in [1.165, 1.54) is 24.2 Å². The van der Waals surface area contributed by atoms with Gasteiger partial charge >= 0.3 is 7.60 Å². The Kier molecular flexibility index (Phi) is 6.64. The fraction of sp³-hybridized carbons (Fsp3) is 0.647. The molecule has 5 N–H and O–H groups in total. The summed E-state index contributed by atoms with van der Waals surface area (Å²) in [6.45, 7) is -0.272. The number of fused-ring (bicyclic) bond motifs is 1. The van der Waals surface area contributed by atoms with Crippen molar-refractivity contribution in [2.75, 3.05) is 18.3 Å². The number of halogens is 1. The van der Waals surface area contributed by atoms with Crippen molar-refractivity contribution in [2.45, 2.75) is 56.1 Å². The Balaban J connectivity index is 1.55. The number of anilines is 1. The van der Waals surface area contributed by atoms with Crippen molar-refractivity contribution < 1.29 is 34.0 Å². The van der Waals surface area contributed by atoms with Gasteiger partial charge < -0.3 is 34.8 Å². The Morgan fingerprint density at radius 3 is 2.70 bits per heavy atom. The molecule has 0 amide bonds. The molecule has 4 atom stereocenters. The van der Waals surface area contributed by atoms with E-state index in [4.69, 9.17) is 30.9 Å². The fourth-order valence-corrected chi connectivity index (χ4v) is 5.40. The minimum atomic E-state index is -4.34. The second-order valence-corrected chi connectivity index (χ2v) is 10.4. The number of aromatic nitrogens is 2. The van der Waals surface area contributed by atoms with Crippen LogP contribution in [-0.2, 0) is 14.0 Å². The Morgan fingerprint density at radius 2 is 2.00 bits per heavy atom. The first-order valence-corrected chi connectivity index (χ1v) is 12.6. The van der Waals surface area contributed by atoms with Crippen LogP contribution in [0.15, 0.2) is 5.38 Å². The third-order valence-corrected chi connectivity index (χ3v) is 7.00. The maximum Gasteiger partial charge on any atom is 0.350 e. The first-order valence-electron chi connectivity index (χ1n) is 9.58. The maximum atomic E-state index is 10.9. The highest BCUT2D eigenvalue weighted by Gasteiger charge is 2.45. The molecular weight excluding hydrogens is 457 g/mol. The average molecular weight is 480 g/mol. The molecule has 10 nitrogen and oxygen atoms in total. The van der Waals surface area contributed by atoms with Gasteiger partial charge in [-0.1, -0.05) is 12.8 Å². The van der Waals surface area contributed by atoms with Crippen LogP contribution in [0, 0.1) is 0 Å². The van der Waals surface area contributed by atoms with Crippen LogP contribution in [0.3, 0.4) is 0 Å². The molecule has 2 aromatic rings. The van der Waals surface area contributed by atoms with Gasteiger partial charge in [-0.15, -0.1) is 11.3 Å². The molecule has 1 aliphatic heterocycles. The van der Waals surface area contributed by atoms with Crippen molar-refractivity contribution in [3.05, 3.63) is 16.2 Å². The minimum Gasteiger partial charge on any atom is -0.387 e. The molecule has 2 aliphatic rings. The standard InChI is InChI=1S/C17H23ClN3O7PS/c18-17-20-11-9(6-30-15(11)16(21-17)19-8-3-1-2-4-8)14-13(23)12(22)10(28-14)5-27-7-29(24,25)26/h6,8,10,12-14,22-23H,1-5,7H2,(H,19,20,21)(H2,24,25,26)/t10-,12-,13-,14+/m1/s1. The molecule has 2 aromatic heterocycles. The highest BCUT2D eigenvalue weighted by molar-refractivity contribution is 7.51. The Hall–Kier alpha value is -0.880. The molecule has 166 valence electrons. The predicted molar refractivity (Wildman–Crippen MR) is 111 cm³/mol. The average Bonchev–Trinajstić information content (AvgIpc) is 3.37. The molecule has 0 radical (unpaired) electrons. The van der Waals surface area contributed by atoms with E-state index in [0.717, 1.165) is 17.5 Å². The molecule has 30 heavy (non-hydrogen) atoms. The van der Waals surface area contributed by atoms with Gasteiger partial charge in [0.05, 0.1) is 16.8 Å². The molecule has 0 spiro atoms. The van der Waals surface area contributed by atoms with E-state index in [2.05, 4.69) is 15.3 Å². The lowest BCUT2D eigenvalue weighted by Gasteiger charge is -2.15. The van der Waals surface area contributed by atoms with Gasteiger partial charge in [0.25, 0.3) is 0 Å². The summed E-state index contributed by atoms with van der Waals surface area (Å²) >= 11 is 7.54. The van der Waals surface area contributed by atoms with Gasteiger partial charge in [0.2, 0.25) is 5.28 Å². The van der Waals surface area contributed by atoms with Crippen LogP contribution in [0.4, 0.5) is 5.82 Å². The molecule has 3 heterocycles. The number of aliphatic hydroxyl groups is 2. The summed E-state index contributed by atoms with van der Waals surface area (Å²) in [4.78, 5) is 26.4. The molecule has 2 fully saturated rings. The summed E-state index contributed by atoms with van der Waals surface area (Å²) in [5, 5.41) is 26.1. The van der Waals surface area contributed by atoms with Gasteiger partial charge in [-0.25, -0.2) is 4.98 Å². The molecule has 0 aromatic carbocycles. The van der Waals surface area contributed by atoms with Gasteiger partial charge in [-0.05, 0) is 29.8 Å². The molecule has 1 saturated heterocycles. The topological polar surface area (TPSA) is 154 Å². The van der Waals surface area contributed by atoms with Crippen LogP contribution < -0.4 is 5.32 Å². The summed E-state index contributed by atoms with van der Waals surface area (Å²) in [7, 11) is -4.34. The molecule has 1 aliphatic carbocycles. The summed E-state index contributed by atoms with van der Waals surface area (Å²) in [6, 6.07) is 0.329. The molecule has 1 saturated carbocycles. The maximum absolute atomic E-state index is 10.9. The van der Waals surface area contributed by atoms with E-state index in [1.54, 1.807) is 5.38 Å². The van der Waals surface area contributed by atoms with Crippen molar-refractivity contribution in [3.63, 3.8) is 0 Å². The number of rotatable bonds is 7. The third kappa shape index (κ3) is 4.79. The second-order valence-electron chi connectivity index (χ2n) is 7.58. The van der Waals surface area contributed by atoms with Crippen LogP contribution in [0.2, 0.25) is 5.28 Å². The largest absolute Gasteiger partial charge is 0.387 e. The van der Waals surface area contributed by atoms with Crippen molar-refractivity contribution in [1.29, 1.82) is 0 Å². The Labute approximate surface area is 181 Å². The van der Waals surface area contributed by atoms with Crippen LogP contribution in [0.1, 0.15) is 37.4 Å². The first-order chi connectivity index (χ1) is 14.2. The summed E-state index contributed by atoms with van der Waals surface area (Å²) in [5.74, 6) is 0.641. The number of nitrogens with one attached hydrogen (secondary N) is 1. The Morgan fingerprint density at radius 1 is 1.27 bits per heavy atom. The molecule has 4 rings (SSSR count). The van der Waals surface area contributed by atoms with E-state index >= 15 is 0 Å².